The maximum atomic E-state index is 12.5. The van der Waals surface area contributed by atoms with Crippen LogP contribution >= 0.6 is 0 Å². The summed E-state index contributed by atoms with van der Waals surface area (Å²) in [7, 11) is 1.97. The van der Waals surface area contributed by atoms with Crippen molar-refractivity contribution in [1.29, 1.82) is 0 Å². The highest BCUT2D eigenvalue weighted by Gasteiger charge is 2.53. The van der Waals surface area contributed by atoms with E-state index >= 15 is 0 Å². The Labute approximate surface area is 132 Å². The Morgan fingerprint density at radius 2 is 2.05 bits per heavy atom. The van der Waals surface area contributed by atoms with Gasteiger partial charge in [0, 0.05) is 19.0 Å². The van der Waals surface area contributed by atoms with Gasteiger partial charge in [-0.25, -0.2) is 0 Å². The number of amides is 1. The largest absolute Gasteiger partial charge is 0.387 e. The number of likely N-dealkylation sites (tertiary alicyclic amines) is 1. The fraction of sp³-hybridized carbons (Fsp3) is 0.611. The van der Waals surface area contributed by atoms with Gasteiger partial charge in [0.2, 0.25) is 5.91 Å². The number of hydrogen-bond donors (Lipinski definition) is 1. The number of rotatable bonds is 5. The maximum absolute atomic E-state index is 12.5. The second kappa shape index (κ2) is 6.01. The molecule has 2 aliphatic rings. The standard InChI is InChI=1S/C18H26N2O2/c1-14-10-20(13-18(14,22)16-8-9-16)17(21)12-19(2)11-15-6-4-3-5-7-15/h3-7,14,16,22H,8-13H2,1-2H3. The van der Waals surface area contributed by atoms with Crippen LogP contribution in [-0.2, 0) is 11.3 Å². The zero-order valence-electron chi connectivity index (χ0n) is 13.5. The summed E-state index contributed by atoms with van der Waals surface area (Å²) in [6, 6.07) is 10.2. The van der Waals surface area contributed by atoms with E-state index in [-0.39, 0.29) is 11.8 Å². The van der Waals surface area contributed by atoms with Gasteiger partial charge in [0.05, 0.1) is 18.7 Å². The van der Waals surface area contributed by atoms with Gasteiger partial charge in [-0.1, -0.05) is 37.3 Å². The van der Waals surface area contributed by atoms with E-state index in [2.05, 4.69) is 19.1 Å². The third kappa shape index (κ3) is 3.18. The molecule has 0 spiro atoms. The predicted octanol–water partition coefficient (Wildman–Crippen LogP) is 1.74. The summed E-state index contributed by atoms with van der Waals surface area (Å²) in [5.41, 5.74) is 0.565. The first-order valence-corrected chi connectivity index (χ1v) is 8.21. The van der Waals surface area contributed by atoms with Gasteiger partial charge in [-0.15, -0.1) is 0 Å². The molecule has 1 saturated heterocycles. The normalized spacial score (nSPS) is 28.4. The first-order chi connectivity index (χ1) is 10.5. The van der Waals surface area contributed by atoms with Gasteiger partial charge in [-0.3, -0.25) is 9.69 Å². The molecule has 0 radical (unpaired) electrons. The number of benzene rings is 1. The molecule has 3 rings (SSSR count). The molecule has 1 aromatic rings. The van der Waals surface area contributed by atoms with Gasteiger partial charge >= 0.3 is 0 Å². The third-order valence-electron chi connectivity index (χ3n) is 5.13. The van der Waals surface area contributed by atoms with Crippen molar-refractivity contribution < 1.29 is 9.90 Å². The van der Waals surface area contributed by atoms with Gasteiger partial charge in [0.15, 0.2) is 0 Å². The number of carbonyl (C=O) groups is 1. The molecule has 4 heteroatoms. The van der Waals surface area contributed by atoms with Crippen LogP contribution in [0.1, 0.15) is 25.3 Å². The molecule has 120 valence electrons. The lowest BCUT2D eigenvalue weighted by Crippen LogP contribution is -2.42. The second-order valence-corrected chi connectivity index (χ2v) is 7.10. The van der Waals surface area contributed by atoms with Gasteiger partial charge in [0.25, 0.3) is 0 Å². The number of carbonyl (C=O) groups excluding carboxylic acids is 1. The van der Waals surface area contributed by atoms with E-state index in [1.807, 2.05) is 35.0 Å². The van der Waals surface area contributed by atoms with Crippen molar-refractivity contribution >= 4 is 5.91 Å². The van der Waals surface area contributed by atoms with Crippen LogP contribution in [0, 0.1) is 11.8 Å². The van der Waals surface area contributed by atoms with Crippen LogP contribution in [0.2, 0.25) is 0 Å². The molecular formula is C18H26N2O2. The molecule has 22 heavy (non-hydrogen) atoms. The van der Waals surface area contributed by atoms with Crippen LogP contribution < -0.4 is 0 Å². The van der Waals surface area contributed by atoms with E-state index < -0.39 is 5.60 Å². The summed E-state index contributed by atoms with van der Waals surface area (Å²) in [4.78, 5) is 16.4. The fourth-order valence-electron chi connectivity index (χ4n) is 3.60. The first-order valence-electron chi connectivity index (χ1n) is 8.21. The van der Waals surface area contributed by atoms with E-state index in [0.717, 1.165) is 19.4 Å². The zero-order chi connectivity index (χ0) is 15.7. The Balaban J connectivity index is 1.54. The molecule has 2 atom stereocenters. The van der Waals surface area contributed by atoms with E-state index in [1.165, 1.54) is 5.56 Å². The summed E-state index contributed by atoms with van der Waals surface area (Å²) in [6.45, 7) is 4.44. The molecule has 1 amide bonds. The molecular weight excluding hydrogens is 276 g/mol. The number of hydrogen-bond acceptors (Lipinski definition) is 3. The summed E-state index contributed by atoms with van der Waals surface area (Å²) < 4.78 is 0. The Bertz CT molecular complexity index is 529. The van der Waals surface area contributed by atoms with Gasteiger partial charge in [-0.2, -0.15) is 0 Å². The molecule has 2 fully saturated rings. The predicted molar refractivity (Wildman–Crippen MR) is 86.2 cm³/mol. The number of nitrogens with zero attached hydrogens (tertiary/aromatic N) is 2. The van der Waals surface area contributed by atoms with Gasteiger partial charge in [-0.05, 0) is 31.4 Å². The molecule has 1 heterocycles. The van der Waals surface area contributed by atoms with Gasteiger partial charge in [0.1, 0.15) is 0 Å². The maximum Gasteiger partial charge on any atom is 0.236 e. The molecule has 0 bridgehead atoms. The highest BCUT2D eigenvalue weighted by molar-refractivity contribution is 5.78. The fourth-order valence-corrected chi connectivity index (χ4v) is 3.60. The van der Waals surface area contributed by atoms with Crippen LogP contribution in [0.15, 0.2) is 30.3 Å². The molecule has 0 aromatic heterocycles. The summed E-state index contributed by atoms with van der Waals surface area (Å²) in [5, 5.41) is 10.8. The molecule has 1 aromatic carbocycles. The van der Waals surface area contributed by atoms with Crippen LogP contribution in [0.3, 0.4) is 0 Å². The van der Waals surface area contributed by atoms with Crippen molar-refractivity contribution in [3.05, 3.63) is 35.9 Å². The minimum Gasteiger partial charge on any atom is -0.387 e. The van der Waals surface area contributed by atoms with Crippen molar-refractivity contribution in [1.82, 2.24) is 9.80 Å². The van der Waals surface area contributed by atoms with Crippen molar-refractivity contribution in [2.75, 3.05) is 26.7 Å². The Morgan fingerprint density at radius 3 is 2.68 bits per heavy atom. The Hall–Kier alpha value is -1.39. The molecule has 1 aliphatic carbocycles. The summed E-state index contributed by atoms with van der Waals surface area (Å²) in [6.07, 6.45) is 2.22. The SMILES string of the molecule is CC1CN(C(=O)CN(C)Cc2ccccc2)CC1(O)C1CC1. The van der Waals surface area contributed by atoms with Crippen LogP contribution in [0.4, 0.5) is 0 Å². The van der Waals surface area contributed by atoms with Crippen molar-refractivity contribution in [2.45, 2.75) is 31.9 Å². The average molecular weight is 302 g/mol. The Kier molecular flexibility index (Phi) is 4.24. The van der Waals surface area contributed by atoms with E-state index in [9.17, 15) is 9.90 Å². The summed E-state index contributed by atoms with van der Waals surface area (Å²) >= 11 is 0. The lowest BCUT2D eigenvalue weighted by Gasteiger charge is -2.27. The first kappa shape index (κ1) is 15.5. The average Bonchev–Trinajstić information content (AvgIpc) is 3.28. The number of β-amino-alcohol motifs (C(OH)–C–C–N with tert-alkyl or cyclic N) is 1. The quantitative estimate of drug-likeness (QED) is 0.901. The monoisotopic (exact) mass is 302 g/mol. The van der Waals surface area contributed by atoms with Gasteiger partial charge < -0.3 is 10.0 Å². The van der Waals surface area contributed by atoms with E-state index in [4.69, 9.17) is 0 Å². The van der Waals surface area contributed by atoms with Crippen LogP contribution in [0.5, 0.6) is 0 Å². The highest BCUT2D eigenvalue weighted by Crippen LogP contribution is 2.46. The minimum atomic E-state index is -0.645. The lowest BCUT2D eigenvalue weighted by molar-refractivity contribution is -0.132. The van der Waals surface area contributed by atoms with Crippen molar-refractivity contribution in [2.24, 2.45) is 11.8 Å². The smallest absolute Gasteiger partial charge is 0.236 e. The lowest BCUT2D eigenvalue weighted by atomic mass is 9.88. The highest BCUT2D eigenvalue weighted by atomic mass is 16.3. The second-order valence-electron chi connectivity index (χ2n) is 7.10. The van der Waals surface area contributed by atoms with Crippen molar-refractivity contribution in [3.8, 4) is 0 Å². The number of aliphatic hydroxyl groups is 1. The minimum absolute atomic E-state index is 0.127. The molecule has 2 unspecified atom stereocenters. The van der Waals surface area contributed by atoms with E-state index in [0.29, 0.717) is 25.6 Å². The summed E-state index contributed by atoms with van der Waals surface area (Å²) in [5.74, 6) is 0.715. The molecule has 1 N–H and O–H groups in total. The Morgan fingerprint density at radius 1 is 1.36 bits per heavy atom. The van der Waals surface area contributed by atoms with Crippen LogP contribution in [0.25, 0.3) is 0 Å². The van der Waals surface area contributed by atoms with E-state index in [1.54, 1.807) is 0 Å². The zero-order valence-corrected chi connectivity index (χ0v) is 13.5. The topological polar surface area (TPSA) is 43.8 Å². The molecule has 4 nitrogen and oxygen atoms in total. The number of likely N-dealkylation sites (N-methyl/N-ethyl adjacent to an activating group) is 1. The van der Waals surface area contributed by atoms with Crippen molar-refractivity contribution in [3.63, 3.8) is 0 Å². The third-order valence-corrected chi connectivity index (χ3v) is 5.13. The molecule has 1 aliphatic heterocycles. The molecule has 1 saturated carbocycles. The van der Waals surface area contributed by atoms with Crippen LogP contribution in [-0.4, -0.2) is 53.1 Å².